The van der Waals surface area contributed by atoms with Crippen LogP contribution in [0.3, 0.4) is 0 Å². The minimum atomic E-state index is -0.797. The third kappa shape index (κ3) is 9.14. The van der Waals surface area contributed by atoms with Crippen LogP contribution in [0.2, 0.25) is 0 Å². The molecule has 0 saturated heterocycles. The molecule has 0 aliphatic heterocycles. The van der Waals surface area contributed by atoms with Gasteiger partial charge >= 0.3 is 6.03 Å². The Hall–Kier alpha value is -3.84. The number of urea groups is 1. The first kappa shape index (κ1) is 25.8. The van der Waals surface area contributed by atoms with Gasteiger partial charge < -0.3 is 26.4 Å². The summed E-state index contributed by atoms with van der Waals surface area (Å²) in [5, 5.41) is 8.52. The molecule has 0 fully saturated rings. The van der Waals surface area contributed by atoms with E-state index in [1.807, 2.05) is 60.7 Å². The molecule has 35 heavy (non-hydrogen) atoms. The molecule has 7 nitrogen and oxygen atoms in total. The topological polar surface area (TPSA) is 105 Å². The number of hydrogen-bond acceptors (Lipinski definition) is 4. The van der Waals surface area contributed by atoms with Crippen molar-refractivity contribution in [2.75, 3.05) is 18.4 Å². The second-order valence-corrected chi connectivity index (χ2v) is 8.23. The van der Waals surface area contributed by atoms with Gasteiger partial charge in [0.05, 0.1) is 0 Å². The highest BCUT2D eigenvalue weighted by Crippen LogP contribution is 2.18. The molecule has 3 aromatic carbocycles. The number of ether oxygens (including phenoxy) is 1. The van der Waals surface area contributed by atoms with Gasteiger partial charge in [0.2, 0.25) is 5.91 Å². The van der Waals surface area contributed by atoms with Crippen molar-refractivity contribution in [2.45, 2.75) is 38.3 Å². The van der Waals surface area contributed by atoms with E-state index in [1.165, 1.54) is 0 Å². The molecule has 0 unspecified atom stereocenters. The van der Waals surface area contributed by atoms with E-state index < -0.39 is 12.1 Å². The lowest BCUT2D eigenvalue weighted by Crippen LogP contribution is -2.42. The summed E-state index contributed by atoms with van der Waals surface area (Å²) in [4.78, 5) is 25.6. The van der Waals surface area contributed by atoms with Crippen LogP contribution in [0.15, 0.2) is 84.9 Å². The van der Waals surface area contributed by atoms with Crippen molar-refractivity contribution in [1.82, 2.24) is 10.6 Å². The van der Waals surface area contributed by atoms with Crippen molar-refractivity contribution in [1.29, 1.82) is 0 Å². The molecule has 0 radical (unpaired) electrons. The third-order valence-electron chi connectivity index (χ3n) is 5.46. The van der Waals surface area contributed by atoms with Crippen LogP contribution < -0.4 is 26.4 Å². The van der Waals surface area contributed by atoms with E-state index in [2.05, 4.69) is 16.0 Å². The summed E-state index contributed by atoms with van der Waals surface area (Å²) in [5.74, 6) is 0.461. The number of nitrogens with two attached hydrogens (primary N) is 1. The smallest absolute Gasteiger partial charge is 0.320 e. The monoisotopic (exact) mass is 474 g/mol. The highest BCUT2D eigenvalue weighted by Gasteiger charge is 2.22. The Labute approximate surface area is 207 Å². The molecule has 3 aromatic rings. The van der Waals surface area contributed by atoms with Crippen LogP contribution in [-0.4, -0.2) is 25.0 Å². The van der Waals surface area contributed by atoms with Gasteiger partial charge in [0.15, 0.2) is 0 Å². The number of unbranched alkanes of at least 4 members (excludes halogenated alkanes) is 3. The normalized spacial score (nSPS) is 11.3. The zero-order valence-corrected chi connectivity index (χ0v) is 19.9. The average molecular weight is 475 g/mol. The predicted molar refractivity (Wildman–Crippen MR) is 139 cm³/mol. The molecule has 0 spiro atoms. The number of anilines is 1. The Morgan fingerprint density at radius 3 is 2.14 bits per heavy atom. The van der Waals surface area contributed by atoms with Gasteiger partial charge in [-0.2, -0.15) is 0 Å². The van der Waals surface area contributed by atoms with Gasteiger partial charge in [-0.3, -0.25) is 4.79 Å². The molecule has 0 aliphatic carbocycles. The molecule has 3 amide bonds. The minimum absolute atomic E-state index is 0.241. The highest BCUT2D eigenvalue weighted by atomic mass is 16.5. The second-order valence-electron chi connectivity index (χ2n) is 8.23. The summed E-state index contributed by atoms with van der Waals surface area (Å²) in [6, 6.07) is 25.0. The van der Waals surface area contributed by atoms with Crippen molar-refractivity contribution >= 4 is 17.6 Å². The molecular formula is C28H34N4O3. The predicted octanol–water partition coefficient (Wildman–Crippen LogP) is 4.76. The van der Waals surface area contributed by atoms with E-state index in [0.29, 0.717) is 36.7 Å². The van der Waals surface area contributed by atoms with Gasteiger partial charge in [0, 0.05) is 12.2 Å². The van der Waals surface area contributed by atoms with E-state index in [-0.39, 0.29) is 5.91 Å². The minimum Gasteiger partial charge on any atom is -0.489 e. The molecule has 184 valence electrons. The first-order chi connectivity index (χ1) is 17.2. The van der Waals surface area contributed by atoms with Crippen molar-refractivity contribution in [2.24, 2.45) is 5.73 Å². The Morgan fingerprint density at radius 1 is 0.800 bits per heavy atom. The Bertz CT molecular complexity index is 1030. The molecule has 0 heterocycles. The van der Waals surface area contributed by atoms with Crippen molar-refractivity contribution < 1.29 is 14.3 Å². The Kier molecular flexibility index (Phi) is 10.6. The number of rotatable bonds is 13. The van der Waals surface area contributed by atoms with Crippen LogP contribution in [0.4, 0.5) is 10.5 Å². The fraction of sp³-hybridized carbons (Fsp3) is 0.286. The molecule has 0 aromatic heterocycles. The van der Waals surface area contributed by atoms with E-state index in [0.717, 1.165) is 31.2 Å². The summed E-state index contributed by atoms with van der Waals surface area (Å²) < 4.78 is 5.79. The third-order valence-corrected chi connectivity index (χ3v) is 5.46. The van der Waals surface area contributed by atoms with E-state index in [9.17, 15) is 9.59 Å². The number of carbonyl (C=O) groups is 2. The summed E-state index contributed by atoms with van der Waals surface area (Å²) in [6.07, 6.45) is 3.91. The van der Waals surface area contributed by atoms with Crippen LogP contribution in [0.1, 0.15) is 42.9 Å². The molecule has 0 saturated carbocycles. The molecule has 5 N–H and O–H groups in total. The number of hydrogen-bond donors (Lipinski definition) is 4. The number of amides is 3. The Balaban J connectivity index is 1.52. The lowest BCUT2D eigenvalue weighted by molar-refractivity contribution is -0.123. The number of nitrogens with one attached hydrogen (secondary N) is 3. The summed E-state index contributed by atoms with van der Waals surface area (Å²) in [7, 11) is 0. The molecule has 1 atom stereocenters. The van der Waals surface area contributed by atoms with Gasteiger partial charge in [-0.05, 0) is 54.8 Å². The van der Waals surface area contributed by atoms with Crippen LogP contribution >= 0.6 is 0 Å². The van der Waals surface area contributed by atoms with Crippen LogP contribution in [0.25, 0.3) is 0 Å². The lowest BCUT2D eigenvalue weighted by atomic mass is 10.1. The van der Waals surface area contributed by atoms with E-state index >= 15 is 0 Å². The first-order valence-electron chi connectivity index (χ1n) is 12.0. The summed E-state index contributed by atoms with van der Waals surface area (Å²) in [6.45, 7) is 1.71. The highest BCUT2D eigenvalue weighted by molar-refractivity contribution is 5.94. The molecule has 0 bridgehead atoms. The summed E-state index contributed by atoms with van der Waals surface area (Å²) >= 11 is 0. The maximum absolute atomic E-state index is 12.9. The van der Waals surface area contributed by atoms with Crippen molar-refractivity contribution in [3.63, 3.8) is 0 Å². The zero-order valence-electron chi connectivity index (χ0n) is 19.9. The molecule has 3 rings (SSSR count). The maximum Gasteiger partial charge on any atom is 0.320 e. The van der Waals surface area contributed by atoms with E-state index in [1.54, 1.807) is 24.3 Å². The summed E-state index contributed by atoms with van der Waals surface area (Å²) in [5.41, 5.74) is 7.91. The standard InChI is InChI=1S/C28H34N4O3/c29-19-9-1-2-10-20-30-27(33)26(23-13-7-4-8-14-23)32-28(34)31-24-15-17-25(18-16-24)35-21-22-11-5-3-6-12-22/h3-8,11-18,26H,1-2,9-10,19-21,29H2,(H,30,33)(H2,31,32,34)/t26-/m0/s1. The fourth-order valence-corrected chi connectivity index (χ4v) is 3.56. The molecule has 7 heteroatoms. The zero-order chi connectivity index (χ0) is 24.7. The quantitative estimate of drug-likeness (QED) is 0.268. The SMILES string of the molecule is NCCCCCCNC(=O)[C@@H](NC(=O)Nc1ccc(OCc2ccccc2)cc1)c1ccccc1. The van der Waals surface area contributed by atoms with Crippen LogP contribution in [0.5, 0.6) is 5.75 Å². The van der Waals surface area contributed by atoms with Gasteiger partial charge in [-0.25, -0.2) is 4.79 Å². The Morgan fingerprint density at radius 2 is 1.46 bits per heavy atom. The lowest BCUT2D eigenvalue weighted by Gasteiger charge is -2.19. The fourth-order valence-electron chi connectivity index (χ4n) is 3.56. The second kappa shape index (κ2) is 14.4. The van der Waals surface area contributed by atoms with E-state index in [4.69, 9.17) is 10.5 Å². The maximum atomic E-state index is 12.9. The van der Waals surface area contributed by atoms with Crippen LogP contribution in [-0.2, 0) is 11.4 Å². The number of carbonyl (C=O) groups excluding carboxylic acids is 2. The largest absolute Gasteiger partial charge is 0.489 e. The van der Waals surface area contributed by atoms with Gasteiger partial charge in [0.25, 0.3) is 0 Å². The average Bonchev–Trinajstić information content (AvgIpc) is 2.90. The van der Waals surface area contributed by atoms with Crippen LogP contribution in [0, 0.1) is 0 Å². The molecular weight excluding hydrogens is 440 g/mol. The van der Waals surface area contributed by atoms with Gasteiger partial charge in [0.1, 0.15) is 18.4 Å². The number of benzene rings is 3. The van der Waals surface area contributed by atoms with Gasteiger partial charge in [-0.15, -0.1) is 0 Å². The molecule has 0 aliphatic rings. The van der Waals surface area contributed by atoms with Crippen molar-refractivity contribution in [3.05, 3.63) is 96.1 Å². The first-order valence-corrected chi connectivity index (χ1v) is 12.0. The van der Waals surface area contributed by atoms with Gasteiger partial charge in [-0.1, -0.05) is 73.5 Å². The van der Waals surface area contributed by atoms with Crippen molar-refractivity contribution in [3.8, 4) is 5.75 Å².